The van der Waals surface area contributed by atoms with Crippen LogP contribution in [0.15, 0.2) is 24.1 Å². The Morgan fingerprint density at radius 2 is 2.23 bits per heavy atom. The normalized spacial score (nSPS) is 16.5. The number of thiazole rings is 1. The van der Waals surface area contributed by atoms with Gasteiger partial charge >= 0.3 is 0 Å². The fraction of sp³-hybridized carbons (Fsp3) is 0.562. The van der Waals surface area contributed by atoms with Crippen LogP contribution in [-0.4, -0.2) is 20.4 Å². The topological polar surface area (TPSA) is 59.8 Å². The van der Waals surface area contributed by atoms with Crippen molar-refractivity contribution in [1.29, 1.82) is 0 Å². The predicted molar refractivity (Wildman–Crippen MR) is 86.6 cm³/mol. The third-order valence-electron chi connectivity index (χ3n) is 4.10. The largest absolute Gasteiger partial charge is 0.349 e. The molecule has 2 aromatic heterocycles. The molecule has 0 radical (unpaired) electrons. The Morgan fingerprint density at radius 3 is 2.77 bits per heavy atom. The van der Waals surface area contributed by atoms with E-state index in [1.807, 2.05) is 10.8 Å². The fourth-order valence-electron chi connectivity index (χ4n) is 2.42. The number of rotatable bonds is 5. The van der Waals surface area contributed by atoms with Crippen LogP contribution in [0.25, 0.3) is 0 Å². The highest BCUT2D eigenvalue weighted by molar-refractivity contribution is 7.09. The molecule has 0 atom stereocenters. The van der Waals surface area contributed by atoms with E-state index in [1.165, 1.54) is 0 Å². The fourth-order valence-corrected chi connectivity index (χ4v) is 3.38. The van der Waals surface area contributed by atoms with Gasteiger partial charge < -0.3 is 9.88 Å². The molecular formula is C16H22N4OS. The number of carbonyl (C=O) groups is 1. The van der Waals surface area contributed by atoms with Crippen molar-refractivity contribution in [3.05, 3.63) is 34.8 Å². The monoisotopic (exact) mass is 318 g/mol. The average molecular weight is 318 g/mol. The first-order valence-electron chi connectivity index (χ1n) is 7.58. The second-order valence-electron chi connectivity index (χ2n) is 7.07. The van der Waals surface area contributed by atoms with Crippen molar-refractivity contribution in [2.24, 2.45) is 5.41 Å². The lowest BCUT2D eigenvalue weighted by Crippen LogP contribution is -2.34. The van der Waals surface area contributed by atoms with Crippen molar-refractivity contribution in [2.45, 2.75) is 52.1 Å². The van der Waals surface area contributed by atoms with E-state index in [1.54, 1.807) is 23.9 Å². The van der Waals surface area contributed by atoms with Crippen LogP contribution in [-0.2, 0) is 23.3 Å². The van der Waals surface area contributed by atoms with Gasteiger partial charge in [0.05, 0.1) is 24.0 Å². The number of amides is 1. The van der Waals surface area contributed by atoms with Gasteiger partial charge in [-0.25, -0.2) is 9.97 Å². The smallest absolute Gasteiger partial charge is 0.228 e. The van der Waals surface area contributed by atoms with Crippen molar-refractivity contribution in [3.63, 3.8) is 0 Å². The maximum Gasteiger partial charge on any atom is 0.228 e. The highest BCUT2D eigenvalue weighted by Crippen LogP contribution is 2.47. The second-order valence-corrected chi connectivity index (χ2v) is 8.02. The maximum atomic E-state index is 12.5. The highest BCUT2D eigenvalue weighted by atomic mass is 32.1. The molecule has 1 saturated carbocycles. The summed E-state index contributed by atoms with van der Waals surface area (Å²) in [6.07, 6.45) is 7.31. The molecule has 1 amide bonds. The Bertz CT molecular complexity index is 650. The molecule has 6 heteroatoms. The summed E-state index contributed by atoms with van der Waals surface area (Å²) in [5.74, 6) is 0.133. The molecule has 0 bridgehead atoms. The minimum Gasteiger partial charge on any atom is -0.349 e. The molecule has 0 aromatic carbocycles. The minimum absolute atomic E-state index is 0.0535. The lowest BCUT2D eigenvalue weighted by molar-refractivity contribution is -0.127. The summed E-state index contributed by atoms with van der Waals surface area (Å²) in [5, 5.41) is 6.11. The van der Waals surface area contributed by atoms with Crippen LogP contribution in [0.4, 0.5) is 0 Å². The number of hydrogen-bond donors (Lipinski definition) is 1. The lowest BCUT2D eigenvalue weighted by Gasteiger charge is -2.15. The summed E-state index contributed by atoms with van der Waals surface area (Å²) in [6, 6.07) is 0. The lowest BCUT2D eigenvalue weighted by atomic mass is 9.93. The molecule has 2 heterocycles. The zero-order valence-corrected chi connectivity index (χ0v) is 14.1. The van der Waals surface area contributed by atoms with Gasteiger partial charge in [0, 0.05) is 29.7 Å². The van der Waals surface area contributed by atoms with Crippen molar-refractivity contribution in [1.82, 2.24) is 19.9 Å². The van der Waals surface area contributed by atoms with E-state index < -0.39 is 0 Å². The first kappa shape index (κ1) is 15.2. The Labute approximate surface area is 134 Å². The zero-order valence-electron chi connectivity index (χ0n) is 13.3. The Balaban J connectivity index is 1.57. The van der Waals surface area contributed by atoms with Gasteiger partial charge in [-0.05, 0) is 12.8 Å². The summed E-state index contributed by atoms with van der Waals surface area (Å²) < 4.78 is 1.98. The number of aromatic nitrogens is 3. The third kappa shape index (κ3) is 3.21. The van der Waals surface area contributed by atoms with Crippen molar-refractivity contribution < 1.29 is 4.79 Å². The van der Waals surface area contributed by atoms with E-state index in [0.717, 1.165) is 23.5 Å². The van der Waals surface area contributed by atoms with Crippen molar-refractivity contribution in [2.75, 3.05) is 0 Å². The van der Waals surface area contributed by atoms with Crippen molar-refractivity contribution >= 4 is 17.2 Å². The molecule has 5 nitrogen and oxygen atoms in total. The van der Waals surface area contributed by atoms with Gasteiger partial charge in [-0.1, -0.05) is 20.8 Å². The second kappa shape index (κ2) is 5.50. The summed E-state index contributed by atoms with van der Waals surface area (Å²) in [7, 11) is 0. The minimum atomic E-state index is -0.245. The number of nitrogens with one attached hydrogen (secondary N) is 1. The van der Waals surface area contributed by atoms with E-state index in [0.29, 0.717) is 13.1 Å². The van der Waals surface area contributed by atoms with Crippen LogP contribution in [0, 0.1) is 5.41 Å². The molecule has 0 saturated heterocycles. The zero-order chi connectivity index (χ0) is 15.8. The summed E-state index contributed by atoms with van der Waals surface area (Å²) in [6.45, 7) is 7.67. The molecular weight excluding hydrogens is 296 g/mol. The Morgan fingerprint density at radius 1 is 1.45 bits per heavy atom. The molecule has 3 rings (SSSR count). The molecule has 22 heavy (non-hydrogen) atoms. The molecule has 2 aromatic rings. The SMILES string of the molecule is CC(C)(C)c1csc(CNC(=O)C2(Cn3ccnc3)CC2)n1. The first-order valence-corrected chi connectivity index (χ1v) is 8.46. The standard InChI is InChI=1S/C16H22N4OS/c1-15(2,3)12-9-22-13(19-12)8-18-14(21)16(4-5-16)10-20-7-6-17-11-20/h6-7,9,11H,4-5,8,10H2,1-3H3,(H,18,21). The predicted octanol–water partition coefficient (Wildman–Crippen LogP) is 2.73. The van der Waals surface area contributed by atoms with Gasteiger partial charge in [-0.2, -0.15) is 0 Å². The molecule has 1 aliphatic rings. The van der Waals surface area contributed by atoms with Crippen LogP contribution in [0.2, 0.25) is 0 Å². The van der Waals surface area contributed by atoms with Gasteiger partial charge in [0.2, 0.25) is 5.91 Å². The van der Waals surface area contributed by atoms with Crippen LogP contribution in [0.3, 0.4) is 0 Å². The van der Waals surface area contributed by atoms with Crippen molar-refractivity contribution in [3.8, 4) is 0 Å². The van der Waals surface area contributed by atoms with Gasteiger partial charge in [0.1, 0.15) is 5.01 Å². The number of imidazole rings is 1. The van der Waals surface area contributed by atoms with Gasteiger partial charge in [-0.15, -0.1) is 11.3 Å². The van der Waals surface area contributed by atoms with Crippen LogP contribution < -0.4 is 5.32 Å². The van der Waals surface area contributed by atoms with E-state index in [-0.39, 0.29) is 16.7 Å². The van der Waals surface area contributed by atoms with Gasteiger partial charge in [-0.3, -0.25) is 4.79 Å². The van der Waals surface area contributed by atoms with Crippen LogP contribution >= 0.6 is 11.3 Å². The van der Waals surface area contributed by atoms with E-state index in [9.17, 15) is 4.79 Å². The molecule has 1 N–H and O–H groups in total. The first-order chi connectivity index (χ1) is 10.4. The maximum absolute atomic E-state index is 12.5. The summed E-state index contributed by atoms with van der Waals surface area (Å²) >= 11 is 1.61. The Hall–Kier alpha value is -1.69. The van der Waals surface area contributed by atoms with Crippen LogP contribution in [0.5, 0.6) is 0 Å². The Kier molecular flexibility index (Phi) is 3.80. The molecule has 0 unspecified atom stereocenters. The van der Waals surface area contributed by atoms with E-state index in [2.05, 4.69) is 41.4 Å². The number of nitrogens with zero attached hydrogens (tertiary/aromatic N) is 3. The average Bonchev–Trinajstić information content (AvgIpc) is 2.89. The third-order valence-corrected chi connectivity index (χ3v) is 4.95. The number of carbonyl (C=O) groups excluding carboxylic acids is 1. The molecule has 0 spiro atoms. The number of hydrogen-bond acceptors (Lipinski definition) is 4. The van der Waals surface area contributed by atoms with E-state index in [4.69, 9.17) is 0 Å². The van der Waals surface area contributed by atoms with E-state index >= 15 is 0 Å². The molecule has 1 aliphatic carbocycles. The van der Waals surface area contributed by atoms with Gasteiger partial charge in [0.15, 0.2) is 0 Å². The highest BCUT2D eigenvalue weighted by Gasteiger charge is 2.49. The summed E-state index contributed by atoms with van der Waals surface area (Å²) in [4.78, 5) is 21.1. The quantitative estimate of drug-likeness (QED) is 0.922. The molecule has 118 valence electrons. The molecule has 0 aliphatic heterocycles. The molecule has 1 fully saturated rings. The van der Waals surface area contributed by atoms with Gasteiger partial charge in [0.25, 0.3) is 0 Å². The summed E-state index contributed by atoms with van der Waals surface area (Å²) in [5.41, 5.74) is 0.893. The van der Waals surface area contributed by atoms with Crippen LogP contribution in [0.1, 0.15) is 44.3 Å².